The van der Waals surface area contributed by atoms with Gasteiger partial charge in [0.2, 0.25) is 0 Å². The van der Waals surface area contributed by atoms with Gasteiger partial charge in [-0.05, 0) is 72.2 Å². The summed E-state index contributed by atoms with van der Waals surface area (Å²) in [4.78, 5) is 39.3. The number of methoxy groups -OCH3 is 1. The van der Waals surface area contributed by atoms with E-state index in [1.165, 1.54) is 19.3 Å². The molecule has 0 bridgehead atoms. The van der Waals surface area contributed by atoms with Crippen molar-refractivity contribution in [2.45, 2.75) is 13.3 Å². The van der Waals surface area contributed by atoms with Gasteiger partial charge < -0.3 is 9.47 Å². The lowest BCUT2D eigenvalue weighted by Crippen LogP contribution is -2.54. The molecular weight excluding hydrogens is 451 g/mol. The summed E-state index contributed by atoms with van der Waals surface area (Å²) in [5.41, 5.74) is 1.68. The second-order valence-corrected chi connectivity index (χ2v) is 7.72. The lowest BCUT2D eigenvalue weighted by Gasteiger charge is -2.26. The fourth-order valence-corrected chi connectivity index (χ4v) is 3.76. The first-order valence-corrected chi connectivity index (χ1v) is 11.0. The number of carbonyl (C=O) groups is 3. The number of barbiturate groups is 1. The van der Waals surface area contributed by atoms with Crippen LogP contribution in [0.2, 0.25) is 0 Å². The monoisotopic (exact) mass is 474 g/mol. The van der Waals surface area contributed by atoms with Crippen molar-refractivity contribution >= 4 is 29.6 Å². The fraction of sp³-hybridized carbons (Fsp3) is 0.148. The Morgan fingerprint density at radius 1 is 0.943 bits per heavy atom. The van der Waals surface area contributed by atoms with Crippen molar-refractivity contribution in [1.82, 2.24) is 5.32 Å². The Bertz CT molecular complexity index is 1320. The van der Waals surface area contributed by atoms with Crippen LogP contribution >= 0.6 is 0 Å². The van der Waals surface area contributed by atoms with Crippen molar-refractivity contribution < 1.29 is 28.2 Å². The average Bonchev–Trinajstić information content (AvgIpc) is 2.85. The minimum atomic E-state index is -0.845. The van der Waals surface area contributed by atoms with Crippen molar-refractivity contribution in [3.63, 3.8) is 0 Å². The third kappa shape index (κ3) is 5.06. The molecule has 1 fully saturated rings. The van der Waals surface area contributed by atoms with E-state index in [0.29, 0.717) is 34.8 Å². The number of ether oxygens (including phenoxy) is 2. The minimum absolute atomic E-state index is 0.209. The molecule has 0 aromatic heterocycles. The maximum Gasteiger partial charge on any atom is 0.335 e. The van der Waals surface area contributed by atoms with Crippen LogP contribution in [0.15, 0.2) is 72.3 Å². The first-order chi connectivity index (χ1) is 16.9. The van der Waals surface area contributed by atoms with E-state index < -0.39 is 17.8 Å². The molecule has 0 aliphatic carbocycles. The van der Waals surface area contributed by atoms with Crippen molar-refractivity contribution in [1.29, 1.82) is 0 Å². The lowest BCUT2D eigenvalue weighted by molar-refractivity contribution is -0.122. The highest BCUT2D eigenvalue weighted by atomic mass is 19.1. The Balaban J connectivity index is 1.72. The molecule has 1 N–H and O–H groups in total. The van der Waals surface area contributed by atoms with Crippen LogP contribution in [0.5, 0.6) is 11.5 Å². The first-order valence-electron chi connectivity index (χ1n) is 11.0. The molecule has 1 aliphatic heterocycles. The number of nitrogens with zero attached hydrogens (tertiary/aromatic N) is 1. The van der Waals surface area contributed by atoms with Gasteiger partial charge in [-0.25, -0.2) is 14.1 Å². The van der Waals surface area contributed by atoms with Crippen LogP contribution in [0, 0.1) is 5.82 Å². The standard InChI is InChI=1S/C27H23FN2O5/c1-3-35-21-12-9-20(10-13-21)30-26(32)23(25(31)29-27(30)33)16-17-8-11-22(34-2)15-19(17)14-18-6-4-5-7-24(18)28/h4-13,15-16H,3,14H2,1-2H3,(H,29,31,33)/b23-16+. The number of amides is 4. The Labute approximate surface area is 201 Å². The highest BCUT2D eigenvalue weighted by Gasteiger charge is 2.37. The Morgan fingerprint density at radius 3 is 2.34 bits per heavy atom. The first kappa shape index (κ1) is 23.7. The molecule has 1 heterocycles. The number of nitrogens with one attached hydrogen (secondary N) is 1. The van der Waals surface area contributed by atoms with Gasteiger partial charge in [-0.1, -0.05) is 24.3 Å². The number of carbonyl (C=O) groups excluding carboxylic acids is 3. The third-order valence-corrected chi connectivity index (χ3v) is 5.50. The summed E-state index contributed by atoms with van der Waals surface area (Å²) < 4.78 is 25.0. The molecule has 0 radical (unpaired) electrons. The van der Waals surface area contributed by atoms with E-state index in [4.69, 9.17) is 9.47 Å². The average molecular weight is 474 g/mol. The van der Waals surface area contributed by atoms with Crippen molar-refractivity contribution in [2.24, 2.45) is 0 Å². The molecule has 3 aromatic carbocycles. The molecule has 1 aliphatic rings. The lowest BCUT2D eigenvalue weighted by atomic mass is 9.96. The largest absolute Gasteiger partial charge is 0.497 e. The summed E-state index contributed by atoms with van der Waals surface area (Å²) in [5.74, 6) is -0.814. The molecule has 0 spiro atoms. The van der Waals surface area contributed by atoms with E-state index in [1.54, 1.807) is 60.7 Å². The van der Waals surface area contributed by atoms with Gasteiger partial charge >= 0.3 is 6.03 Å². The molecular formula is C27H23FN2O5. The maximum absolute atomic E-state index is 14.3. The molecule has 4 rings (SSSR count). The van der Waals surface area contributed by atoms with Gasteiger partial charge in [0.25, 0.3) is 11.8 Å². The molecule has 7 nitrogen and oxygen atoms in total. The van der Waals surface area contributed by atoms with Gasteiger partial charge in [-0.2, -0.15) is 0 Å². The zero-order valence-corrected chi connectivity index (χ0v) is 19.2. The van der Waals surface area contributed by atoms with Crippen LogP contribution in [-0.4, -0.2) is 31.6 Å². The van der Waals surface area contributed by atoms with Gasteiger partial charge in [0.15, 0.2) is 0 Å². The second kappa shape index (κ2) is 10.2. The number of hydrogen-bond acceptors (Lipinski definition) is 5. The SMILES string of the molecule is CCOc1ccc(N2C(=O)NC(=O)/C(=C\c3ccc(OC)cc3Cc3ccccc3F)C2=O)cc1. The van der Waals surface area contributed by atoms with Crippen molar-refractivity contribution in [2.75, 3.05) is 18.6 Å². The zero-order valence-electron chi connectivity index (χ0n) is 19.2. The Hall–Kier alpha value is -4.46. The molecule has 0 atom stereocenters. The van der Waals surface area contributed by atoms with Gasteiger partial charge in [0, 0.05) is 6.42 Å². The van der Waals surface area contributed by atoms with Gasteiger partial charge in [-0.15, -0.1) is 0 Å². The minimum Gasteiger partial charge on any atom is -0.497 e. The summed E-state index contributed by atoms with van der Waals surface area (Å²) in [6, 6.07) is 17.0. The number of benzene rings is 3. The van der Waals surface area contributed by atoms with E-state index in [-0.39, 0.29) is 23.5 Å². The molecule has 3 aromatic rings. The van der Waals surface area contributed by atoms with E-state index >= 15 is 0 Å². The Morgan fingerprint density at radius 2 is 1.66 bits per heavy atom. The fourth-order valence-electron chi connectivity index (χ4n) is 3.76. The predicted octanol–water partition coefficient (Wildman–Crippen LogP) is 4.49. The van der Waals surface area contributed by atoms with E-state index in [1.807, 2.05) is 6.92 Å². The van der Waals surface area contributed by atoms with Gasteiger partial charge in [0.1, 0.15) is 22.9 Å². The summed E-state index contributed by atoms with van der Waals surface area (Å²) in [7, 11) is 1.51. The number of urea groups is 1. The molecule has 1 saturated heterocycles. The summed E-state index contributed by atoms with van der Waals surface area (Å²) in [6.07, 6.45) is 1.61. The van der Waals surface area contributed by atoms with Gasteiger partial charge in [0.05, 0.1) is 19.4 Å². The van der Waals surface area contributed by atoms with E-state index in [0.717, 1.165) is 4.90 Å². The quantitative estimate of drug-likeness (QED) is 0.403. The summed E-state index contributed by atoms with van der Waals surface area (Å²) in [5, 5.41) is 2.21. The van der Waals surface area contributed by atoms with Crippen molar-refractivity contribution in [3.8, 4) is 11.5 Å². The number of anilines is 1. The summed E-state index contributed by atoms with van der Waals surface area (Å²) in [6.45, 7) is 2.32. The van der Waals surface area contributed by atoms with Crippen LogP contribution < -0.4 is 19.7 Å². The number of hydrogen-bond donors (Lipinski definition) is 1. The van der Waals surface area contributed by atoms with Crippen molar-refractivity contribution in [3.05, 3.63) is 94.8 Å². The Kier molecular flexibility index (Phi) is 6.91. The number of rotatable bonds is 7. The van der Waals surface area contributed by atoms with Crippen LogP contribution in [0.3, 0.4) is 0 Å². The number of halogens is 1. The molecule has 178 valence electrons. The smallest absolute Gasteiger partial charge is 0.335 e. The summed E-state index contributed by atoms with van der Waals surface area (Å²) >= 11 is 0. The highest BCUT2D eigenvalue weighted by Crippen LogP contribution is 2.27. The predicted molar refractivity (Wildman–Crippen MR) is 129 cm³/mol. The normalized spacial score (nSPS) is 14.8. The molecule has 8 heteroatoms. The third-order valence-electron chi connectivity index (χ3n) is 5.50. The maximum atomic E-state index is 14.3. The van der Waals surface area contributed by atoms with Crippen LogP contribution in [0.25, 0.3) is 6.08 Å². The van der Waals surface area contributed by atoms with Crippen LogP contribution in [0.1, 0.15) is 23.6 Å². The second-order valence-electron chi connectivity index (χ2n) is 7.72. The van der Waals surface area contributed by atoms with E-state index in [9.17, 15) is 18.8 Å². The molecule has 4 amide bonds. The van der Waals surface area contributed by atoms with Gasteiger partial charge in [-0.3, -0.25) is 14.9 Å². The van der Waals surface area contributed by atoms with E-state index in [2.05, 4.69) is 5.32 Å². The topological polar surface area (TPSA) is 84.9 Å². The molecule has 0 saturated carbocycles. The molecule has 0 unspecified atom stereocenters. The number of imide groups is 2. The highest BCUT2D eigenvalue weighted by molar-refractivity contribution is 6.39. The zero-order chi connectivity index (χ0) is 24.9. The van der Waals surface area contributed by atoms with Crippen LogP contribution in [-0.2, 0) is 16.0 Å². The van der Waals surface area contributed by atoms with Crippen LogP contribution in [0.4, 0.5) is 14.9 Å². The molecule has 35 heavy (non-hydrogen) atoms.